The predicted octanol–water partition coefficient (Wildman–Crippen LogP) is 1.07. The van der Waals surface area contributed by atoms with Crippen molar-refractivity contribution in [2.75, 3.05) is 46.2 Å². The molecule has 26 heavy (non-hydrogen) atoms. The number of hydrogen-bond donors (Lipinski definition) is 3. The molecular weight excluding hydrogens is 344 g/mol. The van der Waals surface area contributed by atoms with Crippen molar-refractivity contribution in [1.29, 1.82) is 0 Å². The van der Waals surface area contributed by atoms with Crippen molar-refractivity contribution >= 4 is 5.97 Å². The molecule has 0 spiro atoms. The molecular formula is C18H28O8. The van der Waals surface area contributed by atoms with Crippen molar-refractivity contribution in [3.8, 4) is 5.75 Å². The molecule has 3 N–H and O–H groups in total. The summed E-state index contributed by atoms with van der Waals surface area (Å²) in [5, 5.41) is 25.9. The van der Waals surface area contributed by atoms with Gasteiger partial charge in [0.1, 0.15) is 12.4 Å². The van der Waals surface area contributed by atoms with E-state index in [-0.39, 0.29) is 18.8 Å². The number of carbonyl (C=O) groups is 1. The summed E-state index contributed by atoms with van der Waals surface area (Å²) < 4.78 is 20.7. The van der Waals surface area contributed by atoms with Gasteiger partial charge in [0, 0.05) is 5.57 Å². The first-order valence-corrected chi connectivity index (χ1v) is 8.10. The zero-order valence-electron chi connectivity index (χ0n) is 15.0. The van der Waals surface area contributed by atoms with Crippen LogP contribution in [-0.2, 0) is 19.0 Å². The smallest absolute Gasteiger partial charge is 0.330 e. The second-order valence-electron chi connectivity index (χ2n) is 4.99. The van der Waals surface area contributed by atoms with Gasteiger partial charge in [-0.1, -0.05) is 24.8 Å². The summed E-state index contributed by atoms with van der Waals surface area (Å²) in [5.41, 5.74) is 0.176. The lowest BCUT2D eigenvalue weighted by molar-refractivity contribution is -0.132. The first kappa shape index (κ1) is 24.0. The van der Waals surface area contributed by atoms with E-state index in [9.17, 15) is 9.90 Å². The molecule has 1 aromatic rings. The number of ether oxygens (including phenoxy) is 4. The summed E-state index contributed by atoms with van der Waals surface area (Å²) in [6.45, 7) is 6.71. The Balaban J connectivity index is 0.000000896. The molecule has 0 amide bonds. The zero-order valence-corrected chi connectivity index (χ0v) is 15.0. The van der Waals surface area contributed by atoms with Crippen LogP contribution >= 0.6 is 0 Å². The lowest BCUT2D eigenvalue weighted by Gasteiger charge is -2.13. The van der Waals surface area contributed by atoms with Crippen molar-refractivity contribution in [3.63, 3.8) is 0 Å². The Hall–Kier alpha value is -1.97. The third-order valence-corrected chi connectivity index (χ3v) is 2.62. The van der Waals surface area contributed by atoms with Gasteiger partial charge in [0.2, 0.25) is 6.29 Å². The van der Waals surface area contributed by atoms with Crippen LogP contribution in [-0.4, -0.2) is 73.8 Å². The van der Waals surface area contributed by atoms with Crippen LogP contribution < -0.4 is 4.74 Å². The highest BCUT2D eigenvalue weighted by molar-refractivity contribution is 5.84. The highest BCUT2D eigenvalue weighted by Gasteiger charge is 2.05. The Morgan fingerprint density at radius 3 is 2.04 bits per heavy atom. The van der Waals surface area contributed by atoms with Gasteiger partial charge in [0.15, 0.2) is 0 Å². The molecule has 0 fully saturated rings. The van der Waals surface area contributed by atoms with E-state index in [0.29, 0.717) is 38.8 Å². The van der Waals surface area contributed by atoms with Crippen molar-refractivity contribution in [2.45, 2.75) is 13.2 Å². The van der Waals surface area contributed by atoms with E-state index < -0.39 is 12.3 Å². The Kier molecular flexibility index (Phi) is 15.2. The third kappa shape index (κ3) is 15.6. The van der Waals surface area contributed by atoms with Gasteiger partial charge in [0.05, 0.1) is 39.6 Å². The predicted molar refractivity (Wildman–Crippen MR) is 95.1 cm³/mol. The summed E-state index contributed by atoms with van der Waals surface area (Å²) in [5.74, 6) is -0.337. The number of para-hydroxylation sites is 1. The summed E-state index contributed by atoms with van der Waals surface area (Å²) in [7, 11) is 0. The highest BCUT2D eigenvalue weighted by Crippen LogP contribution is 2.09. The topological polar surface area (TPSA) is 115 Å². The summed E-state index contributed by atoms with van der Waals surface area (Å²) in [6, 6.07) is 9.06. The molecule has 8 heteroatoms. The molecule has 0 aliphatic heterocycles. The van der Waals surface area contributed by atoms with E-state index in [4.69, 9.17) is 29.2 Å². The fourth-order valence-corrected chi connectivity index (χ4v) is 1.38. The second kappa shape index (κ2) is 16.5. The number of carboxylic acids is 1. The van der Waals surface area contributed by atoms with Crippen LogP contribution in [0.1, 0.15) is 6.92 Å². The van der Waals surface area contributed by atoms with Gasteiger partial charge in [-0.15, -0.1) is 0 Å². The summed E-state index contributed by atoms with van der Waals surface area (Å²) in [4.78, 5) is 9.60. The lowest BCUT2D eigenvalue weighted by atomic mass is 10.3. The Bertz CT molecular complexity index is 465. The van der Waals surface area contributed by atoms with E-state index in [0.717, 1.165) is 0 Å². The van der Waals surface area contributed by atoms with Gasteiger partial charge in [-0.3, -0.25) is 0 Å². The van der Waals surface area contributed by atoms with E-state index in [2.05, 4.69) is 6.58 Å². The molecule has 0 bridgehead atoms. The van der Waals surface area contributed by atoms with Crippen LogP contribution in [0.15, 0.2) is 42.5 Å². The van der Waals surface area contributed by atoms with Crippen LogP contribution in [0.3, 0.4) is 0 Å². The Morgan fingerprint density at radius 1 is 1.04 bits per heavy atom. The minimum Gasteiger partial charge on any atom is -0.478 e. The minimum atomic E-state index is -0.995. The van der Waals surface area contributed by atoms with Crippen LogP contribution in [0, 0.1) is 0 Å². The van der Waals surface area contributed by atoms with E-state index >= 15 is 0 Å². The highest BCUT2D eigenvalue weighted by atomic mass is 16.6. The van der Waals surface area contributed by atoms with Crippen molar-refractivity contribution < 1.29 is 39.1 Å². The minimum absolute atomic E-state index is 0.0163. The van der Waals surface area contributed by atoms with Crippen LogP contribution in [0.5, 0.6) is 5.75 Å². The van der Waals surface area contributed by atoms with Crippen molar-refractivity contribution in [3.05, 3.63) is 42.5 Å². The second-order valence-corrected chi connectivity index (χ2v) is 4.99. The molecule has 0 aromatic heterocycles. The lowest BCUT2D eigenvalue weighted by Crippen LogP contribution is -2.23. The molecule has 0 saturated heterocycles. The number of hydrogen-bond acceptors (Lipinski definition) is 7. The SMILES string of the molecule is C=C(C)C(=O)O.OCCOCCOCCOCC(O)Oc1ccccc1. The number of aliphatic carboxylic acids is 1. The first-order chi connectivity index (χ1) is 12.5. The quantitative estimate of drug-likeness (QED) is 0.268. The molecule has 0 saturated carbocycles. The van der Waals surface area contributed by atoms with Crippen molar-refractivity contribution in [1.82, 2.24) is 0 Å². The largest absolute Gasteiger partial charge is 0.478 e. The van der Waals surface area contributed by atoms with E-state index in [1.54, 1.807) is 12.1 Å². The van der Waals surface area contributed by atoms with E-state index in [1.165, 1.54) is 6.92 Å². The first-order valence-electron chi connectivity index (χ1n) is 8.10. The fraction of sp³-hybridized carbons (Fsp3) is 0.500. The summed E-state index contributed by atoms with van der Waals surface area (Å²) in [6.07, 6.45) is -0.995. The molecule has 0 radical (unpaired) electrons. The molecule has 1 aromatic carbocycles. The van der Waals surface area contributed by atoms with Gasteiger partial charge in [-0.2, -0.15) is 0 Å². The number of aliphatic hydroxyl groups is 2. The molecule has 0 aliphatic rings. The maximum Gasteiger partial charge on any atom is 0.330 e. The van der Waals surface area contributed by atoms with E-state index in [1.807, 2.05) is 18.2 Å². The maximum absolute atomic E-state index is 9.60. The van der Waals surface area contributed by atoms with Gasteiger partial charge in [-0.25, -0.2) is 4.79 Å². The molecule has 1 rings (SSSR count). The average Bonchev–Trinajstić information content (AvgIpc) is 2.61. The number of carboxylic acid groups (broad SMARTS) is 1. The Labute approximate surface area is 153 Å². The molecule has 0 heterocycles. The molecule has 1 atom stereocenters. The molecule has 1 unspecified atom stereocenters. The zero-order chi connectivity index (χ0) is 19.6. The fourth-order valence-electron chi connectivity index (χ4n) is 1.38. The maximum atomic E-state index is 9.60. The molecule has 8 nitrogen and oxygen atoms in total. The third-order valence-electron chi connectivity index (χ3n) is 2.62. The molecule has 0 aliphatic carbocycles. The number of aliphatic hydroxyl groups excluding tert-OH is 2. The summed E-state index contributed by atoms with van der Waals surface area (Å²) >= 11 is 0. The normalized spacial score (nSPS) is 11.2. The van der Waals surface area contributed by atoms with Gasteiger partial charge in [0.25, 0.3) is 0 Å². The average molecular weight is 372 g/mol. The number of benzene rings is 1. The van der Waals surface area contributed by atoms with Crippen LogP contribution in [0.2, 0.25) is 0 Å². The van der Waals surface area contributed by atoms with Crippen LogP contribution in [0.4, 0.5) is 0 Å². The van der Waals surface area contributed by atoms with Gasteiger partial charge >= 0.3 is 5.97 Å². The standard InChI is InChI=1S/C14H22O6.C4H6O2/c15-6-7-17-8-9-18-10-11-19-12-14(16)20-13-4-2-1-3-5-13;1-3(2)4(5)6/h1-5,14-16H,6-12H2;1H2,2H3,(H,5,6). The van der Waals surface area contributed by atoms with Crippen molar-refractivity contribution in [2.24, 2.45) is 0 Å². The molecule has 148 valence electrons. The van der Waals surface area contributed by atoms with Crippen LogP contribution in [0.25, 0.3) is 0 Å². The Morgan fingerprint density at radius 2 is 1.54 bits per heavy atom. The monoisotopic (exact) mass is 372 g/mol. The number of rotatable bonds is 13. The van der Waals surface area contributed by atoms with Gasteiger partial charge in [-0.05, 0) is 19.1 Å². The van der Waals surface area contributed by atoms with Gasteiger partial charge < -0.3 is 34.3 Å².